The molecule has 0 aliphatic carbocycles. The number of nitrogens with zero attached hydrogens (tertiary/aromatic N) is 5. The summed E-state index contributed by atoms with van der Waals surface area (Å²) in [6.07, 6.45) is -7.34. The number of piperidine rings is 1. The van der Waals surface area contributed by atoms with Crippen molar-refractivity contribution in [1.82, 2.24) is 19.7 Å². The fourth-order valence-corrected chi connectivity index (χ4v) is 6.89. The minimum absolute atomic E-state index is 0.0160. The number of halogens is 6. The Morgan fingerprint density at radius 1 is 0.906 bits per heavy atom. The topological polar surface area (TPSA) is 87.7 Å². The van der Waals surface area contributed by atoms with Gasteiger partial charge in [0.15, 0.2) is 0 Å². The number of aromatic nitrogens is 1. The average molecular weight is 752 g/mol. The number of carbonyl (C=O) groups excluding carboxylic acids is 2. The lowest BCUT2D eigenvalue weighted by molar-refractivity contribution is -0.160. The van der Waals surface area contributed by atoms with Crippen molar-refractivity contribution in [3.8, 4) is 11.5 Å². The van der Waals surface area contributed by atoms with Crippen LogP contribution >= 0.6 is 0 Å². The van der Waals surface area contributed by atoms with Gasteiger partial charge in [-0.25, -0.2) is 0 Å². The summed E-state index contributed by atoms with van der Waals surface area (Å²) in [7, 11) is 5.12. The maximum Gasteiger partial charge on any atom is 0.417 e. The maximum absolute atomic E-state index is 15.0. The summed E-state index contributed by atoms with van der Waals surface area (Å²) < 4.78 is 100. The molecule has 288 valence electrons. The Balaban J connectivity index is 1.52. The van der Waals surface area contributed by atoms with Gasteiger partial charge in [-0.2, -0.15) is 26.3 Å². The Labute approximate surface area is 304 Å². The van der Waals surface area contributed by atoms with Crippen molar-refractivity contribution in [3.05, 3.63) is 83.7 Å². The van der Waals surface area contributed by atoms with Crippen molar-refractivity contribution >= 4 is 17.5 Å². The second-order valence-corrected chi connectivity index (χ2v) is 13.2. The Hall–Kier alpha value is -4.57. The number of piperazine rings is 1. The number of ether oxygens (including phenoxy) is 3. The predicted octanol–water partition coefficient (Wildman–Crippen LogP) is 5.87. The van der Waals surface area contributed by atoms with Crippen molar-refractivity contribution in [3.63, 3.8) is 0 Å². The molecule has 5 rings (SSSR count). The van der Waals surface area contributed by atoms with Crippen molar-refractivity contribution < 1.29 is 50.1 Å². The van der Waals surface area contributed by atoms with Crippen molar-refractivity contribution in [2.45, 2.75) is 43.3 Å². The zero-order chi connectivity index (χ0) is 38.4. The number of methoxy groups -OCH3 is 1. The van der Waals surface area contributed by atoms with E-state index in [1.165, 1.54) is 4.90 Å². The SMILES string of the molecule is COCCOc1ccccc1N1CCN(C(=O)[C@]2(Oc3ccc(C(F)(F)F)cc3)CCCN(C(=O)c3cnccc3C(F)(F)F)[C@@H]2CCN(C)C)CC1. The van der Waals surface area contributed by atoms with E-state index in [0.717, 1.165) is 48.4 Å². The molecular formula is C37H43F6N5O5. The van der Waals surface area contributed by atoms with Crippen LogP contribution < -0.4 is 14.4 Å². The average Bonchev–Trinajstić information content (AvgIpc) is 3.13. The van der Waals surface area contributed by atoms with Crippen LogP contribution in [0.3, 0.4) is 0 Å². The van der Waals surface area contributed by atoms with E-state index in [-0.39, 0.29) is 44.6 Å². The smallest absolute Gasteiger partial charge is 0.417 e. The van der Waals surface area contributed by atoms with Crippen LogP contribution in [0.15, 0.2) is 67.0 Å². The Morgan fingerprint density at radius 3 is 2.25 bits per heavy atom. The van der Waals surface area contributed by atoms with Gasteiger partial charge in [0.25, 0.3) is 11.8 Å². The molecule has 2 aliphatic rings. The van der Waals surface area contributed by atoms with Gasteiger partial charge >= 0.3 is 12.4 Å². The van der Waals surface area contributed by atoms with Gasteiger partial charge in [-0.05, 0) is 75.9 Å². The third-order valence-corrected chi connectivity index (χ3v) is 9.49. The molecule has 2 atom stereocenters. The van der Waals surface area contributed by atoms with Crippen LogP contribution in [0, 0.1) is 0 Å². The number of para-hydroxylation sites is 2. The molecule has 0 unspecified atom stereocenters. The molecule has 53 heavy (non-hydrogen) atoms. The number of hydrogen-bond donors (Lipinski definition) is 0. The van der Waals surface area contributed by atoms with E-state index >= 15 is 0 Å². The second kappa shape index (κ2) is 16.6. The summed E-state index contributed by atoms with van der Waals surface area (Å²) in [5.74, 6) is -0.888. The molecule has 16 heteroatoms. The first-order chi connectivity index (χ1) is 25.2. The summed E-state index contributed by atoms with van der Waals surface area (Å²) >= 11 is 0. The highest BCUT2D eigenvalue weighted by Gasteiger charge is 2.56. The lowest BCUT2D eigenvalue weighted by atomic mass is 9.80. The van der Waals surface area contributed by atoms with Crippen LogP contribution in [0.1, 0.15) is 40.7 Å². The zero-order valence-electron chi connectivity index (χ0n) is 29.8. The number of alkyl halides is 6. The number of amides is 2. The number of hydrogen-bond acceptors (Lipinski definition) is 8. The van der Waals surface area contributed by atoms with Gasteiger partial charge in [-0.1, -0.05) is 12.1 Å². The highest BCUT2D eigenvalue weighted by Crippen LogP contribution is 2.40. The summed E-state index contributed by atoms with van der Waals surface area (Å²) in [5.41, 5.74) is -3.80. The van der Waals surface area contributed by atoms with E-state index in [1.54, 1.807) is 31.0 Å². The largest absolute Gasteiger partial charge is 0.489 e. The van der Waals surface area contributed by atoms with Crippen LogP contribution in [-0.2, 0) is 21.9 Å². The molecule has 0 N–H and O–H groups in total. The normalized spacial score (nSPS) is 19.7. The van der Waals surface area contributed by atoms with Crippen LogP contribution in [0.25, 0.3) is 0 Å². The lowest BCUT2D eigenvalue weighted by Gasteiger charge is -2.51. The fraction of sp³-hybridized carbons (Fsp3) is 0.486. The zero-order valence-corrected chi connectivity index (χ0v) is 29.8. The van der Waals surface area contributed by atoms with E-state index < -0.39 is 52.5 Å². The van der Waals surface area contributed by atoms with Crippen LogP contribution in [0.2, 0.25) is 0 Å². The highest BCUT2D eigenvalue weighted by molar-refractivity contribution is 5.97. The third kappa shape index (κ3) is 9.15. The second-order valence-electron chi connectivity index (χ2n) is 13.2. The molecule has 3 heterocycles. The van der Waals surface area contributed by atoms with Gasteiger partial charge in [0.05, 0.1) is 35.0 Å². The van der Waals surface area contributed by atoms with Gasteiger partial charge in [-0.15, -0.1) is 0 Å². The molecule has 2 amide bonds. The first-order valence-corrected chi connectivity index (χ1v) is 17.2. The molecule has 1 aromatic heterocycles. The summed E-state index contributed by atoms with van der Waals surface area (Å²) in [6.45, 7) is 2.28. The Bertz CT molecular complexity index is 1700. The van der Waals surface area contributed by atoms with Crippen molar-refractivity contribution in [1.29, 1.82) is 0 Å². The van der Waals surface area contributed by atoms with Gasteiger partial charge < -0.3 is 33.8 Å². The molecule has 10 nitrogen and oxygen atoms in total. The highest BCUT2D eigenvalue weighted by atomic mass is 19.4. The molecule has 2 aromatic carbocycles. The molecule has 0 saturated carbocycles. The van der Waals surface area contributed by atoms with E-state index in [0.29, 0.717) is 38.6 Å². The Morgan fingerprint density at radius 2 is 1.60 bits per heavy atom. The first-order valence-electron chi connectivity index (χ1n) is 17.2. The van der Waals surface area contributed by atoms with E-state index in [1.807, 2.05) is 24.3 Å². The monoisotopic (exact) mass is 751 g/mol. The van der Waals surface area contributed by atoms with E-state index in [4.69, 9.17) is 14.2 Å². The molecule has 0 radical (unpaired) electrons. The molecule has 2 aliphatic heterocycles. The molecule has 2 saturated heterocycles. The number of carbonyl (C=O) groups is 2. The van der Waals surface area contributed by atoms with Crippen LogP contribution in [-0.4, -0.2) is 117 Å². The number of anilines is 1. The Kier molecular flexibility index (Phi) is 12.4. The molecular weight excluding hydrogens is 708 g/mol. The third-order valence-electron chi connectivity index (χ3n) is 9.49. The van der Waals surface area contributed by atoms with E-state index in [2.05, 4.69) is 9.88 Å². The van der Waals surface area contributed by atoms with Crippen molar-refractivity contribution in [2.24, 2.45) is 0 Å². The molecule has 0 bridgehead atoms. The van der Waals surface area contributed by atoms with Crippen LogP contribution in [0.4, 0.5) is 32.0 Å². The number of rotatable bonds is 12. The first kappa shape index (κ1) is 39.6. The summed E-state index contributed by atoms with van der Waals surface area (Å²) in [5, 5.41) is 0. The molecule has 2 fully saturated rings. The molecule has 3 aromatic rings. The minimum Gasteiger partial charge on any atom is -0.489 e. The van der Waals surface area contributed by atoms with Gasteiger partial charge in [0.1, 0.15) is 18.1 Å². The quantitative estimate of drug-likeness (QED) is 0.168. The maximum atomic E-state index is 15.0. The van der Waals surface area contributed by atoms with Gasteiger partial charge in [0.2, 0.25) is 5.60 Å². The van der Waals surface area contributed by atoms with Crippen LogP contribution in [0.5, 0.6) is 11.5 Å². The van der Waals surface area contributed by atoms with E-state index in [9.17, 15) is 35.9 Å². The van der Waals surface area contributed by atoms with Gasteiger partial charge in [-0.3, -0.25) is 14.6 Å². The minimum atomic E-state index is -4.86. The van der Waals surface area contributed by atoms with Gasteiger partial charge in [0, 0.05) is 58.6 Å². The summed E-state index contributed by atoms with van der Waals surface area (Å²) in [6, 6.07) is 11.0. The number of pyridine rings is 1. The summed E-state index contributed by atoms with van der Waals surface area (Å²) in [4.78, 5) is 39.7. The van der Waals surface area contributed by atoms with Crippen molar-refractivity contribution in [2.75, 3.05) is 78.6 Å². The predicted molar refractivity (Wildman–Crippen MR) is 184 cm³/mol. The molecule has 0 spiro atoms. The number of likely N-dealkylation sites (tertiary alicyclic amines) is 1. The fourth-order valence-electron chi connectivity index (χ4n) is 6.89. The lowest BCUT2D eigenvalue weighted by Crippen LogP contribution is -2.69. The number of benzene rings is 2. The standard InChI is InChI=1S/C37H43F6N5O5/c1-45(2)18-14-32-35(53-27-11-9-26(10-12-27)36(38,39)40,15-6-17-48(32)33(49)28-25-44-16-13-29(28)37(41,42)43)34(50)47-21-19-46(20-22-47)30-7-4-5-8-31(30)52-24-23-51-3/h4-5,7-13,16,25,32H,6,14-15,17-24H2,1-3H3/t32-,35+/m1/s1.